The van der Waals surface area contributed by atoms with Crippen molar-refractivity contribution in [1.29, 1.82) is 0 Å². The summed E-state index contributed by atoms with van der Waals surface area (Å²) in [5.74, 6) is 1.67. The van der Waals surface area contributed by atoms with Crippen molar-refractivity contribution in [3.8, 4) is 0 Å². The predicted molar refractivity (Wildman–Crippen MR) is 88.9 cm³/mol. The summed E-state index contributed by atoms with van der Waals surface area (Å²) >= 11 is 1.73. The Balaban J connectivity index is 1.71. The fourth-order valence-corrected chi connectivity index (χ4v) is 3.74. The molecule has 0 aromatic carbocycles. The van der Waals surface area contributed by atoms with Crippen LogP contribution in [-0.4, -0.2) is 54.1 Å². The van der Waals surface area contributed by atoms with Crippen molar-refractivity contribution in [1.82, 2.24) is 14.9 Å². The molecule has 6 heteroatoms. The van der Waals surface area contributed by atoms with Crippen molar-refractivity contribution in [2.24, 2.45) is 11.7 Å². The van der Waals surface area contributed by atoms with Crippen LogP contribution in [0, 0.1) is 5.92 Å². The highest BCUT2D eigenvalue weighted by molar-refractivity contribution is 7.17. The van der Waals surface area contributed by atoms with Crippen LogP contribution in [-0.2, 0) is 0 Å². The molecule has 0 spiro atoms. The zero-order valence-electron chi connectivity index (χ0n) is 12.5. The Bertz CT molecular complexity index is 584. The molecule has 1 aliphatic heterocycles. The van der Waals surface area contributed by atoms with E-state index < -0.39 is 0 Å². The number of aromatic nitrogens is 2. The number of anilines is 1. The van der Waals surface area contributed by atoms with E-state index in [0.717, 1.165) is 50.6 Å². The number of nitrogens with two attached hydrogens (primary N) is 1. The topological polar surface area (TPSA) is 58.3 Å². The van der Waals surface area contributed by atoms with Crippen LogP contribution in [0.5, 0.6) is 0 Å². The molecule has 0 saturated carbocycles. The van der Waals surface area contributed by atoms with Crippen LogP contribution in [0.3, 0.4) is 0 Å². The highest BCUT2D eigenvalue weighted by atomic mass is 32.1. The number of rotatable bonds is 4. The molecular formula is C15H23N5S. The zero-order chi connectivity index (χ0) is 14.7. The van der Waals surface area contributed by atoms with Crippen molar-refractivity contribution in [2.75, 3.05) is 44.2 Å². The normalized spacial score (nSPS) is 18.9. The number of thiophene rings is 1. The van der Waals surface area contributed by atoms with Gasteiger partial charge in [0.1, 0.15) is 12.1 Å². The average Bonchev–Trinajstić information content (AvgIpc) is 2.87. The molecule has 5 nitrogen and oxygen atoms in total. The molecule has 114 valence electrons. The van der Waals surface area contributed by atoms with Gasteiger partial charge in [-0.2, -0.15) is 0 Å². The molecule has 1 aliphatic rings. The third-order valence-corrected chi connectivity index (χ3v) is 4.98. The van der Waals surface area contributed by atoms with Crippen molar-refractivity contribution < 1.29 is 0 Å². The smallest absolute Gasteiger partial charge is 0.150 e. The van der Waals surface area contributed by atoms with Gasteiger partial charge in [-0.25, -0.2) is 9.97 Å². The number of nitrogens with zero attached hydrogens (tertiary/aromatic N) is 4. The quantitative estimate of drug-likeness (QED) is 0.933. The van der Waals surface area contributed by atoms with E-state index in [4.69, 9.17) is 5.73 Å². The van der Waals surface area contributed by atoms with Gasteiger partial charge in [0.15, 0.2) is 0 Å². The fraction of sp³-hybridized carbons (Fsp3) is 0.600. The van der Waals surface area contributed by atoms with Crippen LogP contribution in [0.2, 0.25) is 0 Å². The van der Waals surface area contributed by atoms with Crippen LogP contribution in [0.25, 0.3) is 10.2 Å². The number of hydrogen-bond acceptors (Lipinski definition) is 6. The van der Waals surface area contributed by atoms with E-state index in [0.29, 0.717) is 5.92 Å². The van der Waals surface area contributed by atoms with E-state index in [1.165, 1.54) is 11.1 Å². The maximum Gasteiger partial charge on any atom is 0.150 e. The first-order chi connectivity index (χ1) is 10.3. The molecule has 3 rings (SSSR count). The van der Waals surface area contributed by atoms with E-state index in [2.05, 4.69) is 38.1 Å². The number of hydrogen-bond donors (Lipinski definition) is 1. The summed E-state index contributed by atoms with van der Waals surface area (Å²) in [4.78, 5) is 13.8. The molecule has 1 fully saturated rings. The fourth-order valence-electron chi connectivity index (χ4n) is 2.88. The van der Waals surface area contributed by atoms with E-state index >= 15 is 0 Å². The average molecular weight is 305 g/mol. The van der Waals surface area contributed by atoms with Gasteiger partial charge in [0.2, 0.25) is 0 Å². The predicted octanol–water partition coefficient (Wildman–Crippen LogP) is 1.80. The molecule has 0 aliphatic carbocycles. The molecule has 0 bridgehead atoms. The van der Waals surface area contributed by atoms with Gasteiger partial charge < -0.3 is 15.5 Å². The lowest BCUT2D eigenvalue weighted by Gasteiger charge is -2.24. The van der Waals surface area contributed by atoms with E-state index in [1.807, 2.05) is 0 Å². The lowest BCUT2D eigenvalue weighted by molar-refractivity contribution is 0.255. The van der Waals surface area contributed by atoms with Gasteiger partial charge in [0, 0.05) is 26.2 Å². The molecule has 1 atom stereocenters. The first kappa shape index (κ1) is 14.7. The molecule has 2 aromatic rings. The Morgan fingerprint density at radius 2 is 2.19 bits per heavy atom. The van der Waals surface area contributed by atoms with E-state index in [1.54, 1.807) is 17.7 Å². The van der Waals surface area contributed by atoms with Crippen molar-refractivity contribution >= 4 is 27.4 Å². The van der Waals surface area contributed by atoms with Gasteiger partial charge in [-0.1, -0.05) is 6.92 Å². The Labute approximate surface area is 129 Å². The van der Waals surface area contributed by atoms with Gasteiger partial charge in [0.05, 0.1) is 10.2 Å². The second-order valence-corrected chi connectivity index (χ2v) is 6.73. The molecule has 2 aromatic heterocycles. The standard InChI is InChI=1S/C15H23N5S/c1-12(9-16)10-19-4-2-5-20(7-6-19)15-14-13(3-8-21-14)17-11-18-15/h3,8,11-12H,2,4-7,9-10,16H2,1H3. The SMILES string of the molecule is CC(CN)CN1CCCN(c2ncnc3ccsc23)CC1. The molecular weight excluding hydrogens is 282 g/mol. The third kappa shape index (κ3) is 3.33. The summed E-state index contributed by atoms with van der Waals surface area (Å²) in [7, 11) is 0. The summed E-state index contributed by atoms with van der Waals surface area (Å²) in [6.45, 7) is 8.42. The summed E-state index contributed by atoms with van der Waals surface area (Å²) in [5.41, 5.74) is 6.80. The summed E-state index contributed by atoms with van der Waals surface area (Å²) < 4.78 is 1.21. The van der Waals surface area contributed by atoms with Crippen molar-refractivity contribution in [3.63, 3.8) is 0 Å². The molecule has 1 saturated heterocycles. The maximum absolute atomic E-state index is 5.74. The Morgan fingerprint density at radius 1 is 1.29 bits per heavy atom. The molecule has 3 heterocycles. The third-order valence-electron chi connectivity index (χ3n) is 4.08. The Morgan fingerprint density at radius 3 is 3.05 bits per heavy atom. The molecule has 0 amide bonds. The highest BCUT2D eigenvalue weighted by Gasteiger charge is 2.19. The van der Waals surface area contributed by atoms with Crippen LogP contribution in [0.15, 0.2) is 17.8 Å². The Kier molecular flexibility index (Phi) is 4.67. The van der Waals surface area contributed by atoms with Crippen LogP contribution in [0.1, 0.15) is 13.3 Å². The molecule has 1 unspecified atom stereocenters. The van der Waals surface area contributed by atoms with Gasteiger partial charge in [-0.05, 0) is 36.9 Å². The van der Waals surface area contributed by atoms with Crippen molar-refractivity contribution in [2.45, 2.75) is 13.3 Å². The van der Waals surface area contributed by atoms with Gasteiger partial charge >= 0.3 is 0 Å². The van der Waals surface area contributed by atoms with Gasteiger partial charge in [-0.3, -0.25) is 0 Å². The highest BCUT2D eigenvalue weighted by Crippen LogP contribution is 2.28. The van der Waals surface area contributed by atoms with E-state index in [9.17, 15) is 0 Å². The minimum atomic E-state index is 0.569. The largest absolute Gasteiger partial charge is 0.354 e. The van der Waals surface area contributed by atoms with Crippen molar-refractivity contribution in [3.05, 3.63) is 17.8 Å². The van der Waals surface area contributed by atoms with E-state index in [-0.39, 0.29) is 0 Å². The van der Waals surface area contributed by atoms with Crippen LogP contribution < -0.4 is 10.6 Å². The molecule has 21 heavy (non-hydrogen) atoms. The monoisotopic (exact) mass is 305 g/mol. The summed E-state index contributed by atoms with van der Waals surface area (Å²) in [6.07, 6.45) is 2.86. The second kappa shape index (κ2) is 6.68. The Hall–Kier alpha value is -1.24. The number of fused-ring (bicyclic) bond motifs is 1. The molecule has 2 N–H and O–H groups in total. The lowest BCUT2D eigenvalue weighted by atomic mass is 10.1. The van der Waals surface area contributed by atoms with Gasteiger partial charge in [0.25, 0.3) is 0 Å². The first-order valence-corrected chi connectivity index (χ1v) is 8.51. The molecule has 0 radical (unpaired) electrons. The van der Waals surface area contributed by atoms with Crippen LogP contribution >= 0.6 is 11.3 Å². The minimum Gasteiger partial charge on any atom is -0.354 e. The maximum atomic E-state index is 5.74. The van der Waals surface area contributed by atoms with Crippen LogP contribution in [0.4, 0.5) is 5.82 Å². The summed E-state index contributed by atoms with van der Waals surface area (Å²) in [5, 5.41) is 2.09. The van der Waals surface area contributed by atoms with Gasteiger partial charge in [-0.15, -0.1) is 11.3 Å². The zero-order valence-corrected chi connectivity index (χ0v) is 13.4. The minimum absolute atomic E-state index is 0.569. The first-order valence-electron chi connectivity index (χ1n) is 7.63. The lowest BCUT2D eigenvalue weighted by Crippen LogP contribution is -2.35. The summed E-state index contributed by atoms with van der Waals surface area (Å²) in [6, 6.07) is 2.07. The second-order valence-electron chi connectivity index (χ2n) is 5.81.